The van der Waals surface area contributed by atoms with Crippen molar-refractivity contribution >= 4 is 11.0 Å². The maximum absolute atomic E-state index is 12.7. The van der Waals surface area contributed by atoms with Gasteiger partial charge in [0.1, 0.15) is 16.9 Å². The van der Waals surface area contributed by atoms with E-state index < -0.39 is 5.82 Å². The van der Waals surface area contributed by atoms with Crippen molar-refractivity contribution in [2.45, 2.75) is 0 Å². The minimum atomic E-state index is -0.402. The molecular formula is C7H3FN4. The van der Waals surface area contributed by atoms with Crippen LogP contribution in [0.25, 0.3) is 11.0 Å². The van der Waals surface area contributed by atoms with E-state index in [0.717, 1.165) is 4.68 Å². The number of nitriles is 1. The lowest BCUT2D eigenvalue weighted by Gasteiger charge is -1.87. The van der Waals surface area contributed by atoms with Crippen LogP contribution in [0.1, 0.15) is 0 Å². The summed E-state index contributed by atoms with van der Waals surface area (Å²) >= 11 is 0. The summed E-state index contributed by atoms with van der Waals surface area (Å²) < 4.78 is 13.6. The summed E-state index contributed by atoms with van der Waals surface area (Å²) in [4.78, 5) is 0. The van der Waals surface area contributed by atoms with Crippen molar-refractivity contribution in [2.24, 2.45) is 0 Å². The zero-order chi connectivity index (χ0) is 8.55. The Bertz CT molecular complexity index is 468. The van der Waals surface area contributed by atoms with Gasteiger partial charge in [0.15, 0.2) is 0 Å². The number of nitrogens with zero attached hydrogens (tertiary/aromatic N) is 4. The van der Waals surface area contributed by atoms with Gasteiger partial charge in [-0.05, 0) is 12.1 Å². The molecule has 0 saturated heterocycles. The first-order chi connectivity index (χ1) is 5.81. The molecule has 0 bridgehead atoms. The maximum atomic E-state index is 12.7. The van der Waals surface area contributed by atoms with E-state index in [1.807, 2.05) is 0 Å². The molecule has 0 unspecified atom stereocenters. The van der Waals surface area contributed by atoms with E-state index in [2.05, 4.69) is 10.3 Å². The number of fused-ring (bicyclic) bond motifs is 1. The summed E-state index contributed by atoms with van der Waals surface area (Å²) in [7, 11) is 0. The third kappa shape index (κ3) is 0.820. The van der Waals surface area contributed by atoms with Gasteiger partial charge in [-0.3, -0.25) is 0 Å². The van der Waals surface area contributed by atoms with Gasteiger partial charge >= 0.3 is 0 Å². The van der Waals surface area contributed by atoms with Crippen LogP contribution in [0.4, 0.5) is 4.39 Å². The lowest BCUT2D eigenvalue weighted by molar-refractivity contribution is 0.629. The van der Waals surface area contributed by atoms with Crippen molar-refractivity contribution < 1.29 is 4.39 Å². The zero-order valence-electron chi connectivity index (χ0n) is 5.90. The first-order valence-corrected chi connectivity index (χ1v) is 3.22. The van der Waals surface area contributed by atoms with Crippen molar-refractivity contribution in [1.82, 2.24) is 15.0 Å². The van der Waals surface area contributed by atoms with Gasteiger partial charge in [0.25, 0.3) is 0 Å². The largest absolute Gasteiger partial charge is 0.208 e. The smallest absolute Gasteiger partial charge is 0.207 e. The van der Waals surface area contributed by atoms with Gasteiger partial charge in [-0.25, -0.2) is 4.39 Å². The van der Waals surface area contributed by atoms with Crippen LogP contribution in [0.15, 0.2) is 18.2 Å². The molecule has 2 rings (SSSR count). The lowest BCUT2D eigenvalue weighted by Crippen LogP contribution is -1.89. The topological polar surface area (TPSA) is 54.5 Å². The summed E-state index contributed by atoms with van der Waals surface area (Å²) in [6.45, 7) is 0. The molecule has 0 saturated carbocycles. The molecule has 0 atom stereocenters. The van der Waals surface area contributed by atoms with E-state index in [1.165, 1.54) is 18.2 Å². The van der Waals surface area contributed by atoms with Crippen LogP contribution < -0.4 is 0 Å². The standard InChI is InChI=1S/C7H3FN4/c8-5-1-2-6-7(3-5)12(4-9)11-10-6/h1-3H. The van der Waals surface area contributed by atoms with Crippen LogP contribution in [0.5, 0.6) is 0 Å². The van der Waals surface area contributed by atoms with E-state index >= 15 is 0 Å². The Kier molecular flexibility index (Phi) is 1.27. The van der Waals surface area contributed by atoms with Crippen LogP contribution in [0, 0.1) is 17.3 Å². The normalized spacial score (nSPS) is 10.0. The molecule has 0 spiro atoms. The molecule has 0 N–H and O–H groups in total. The van der Waals surface area contributed by atoms with Gasteiger partial charge in [-0.15, -0.1) is 9.78 Å². The number of hydrogen-bond donors (Lipinski definition) is 0. The van der Waals surface area contributed by atoms with Crippen molar-refractivity contribution in [2.75, 3.05) is 0 Å². The Morgan fingerprint density at radius 3 is 3.08 bits per heavy atom. The molecule has 0 aliphatic heterocycles. The molecule has 1 aromatic heterocycles. The highest BCUT2D eigenvalue weighted by Gasteiger charge is 2.03. The fraction of sp³-hybridized carbons (Fsp3) is 0. The number of aromatic nitrogens is 3. The third-order valence-corrected chi connectivity index (χ3v) is 1.50. The highest BCUT2D eigenvalue weighted by molar-refractivity contribution is 5.74. The summed E-state index contributed by atoms with van der Waals surface area (Å²) in [5.41, 5.74) is 0.899. The van der Waals surface area contributed by atoms with Crippen LogP contribution in [0.2, 0.25) is 0 Å². The fourth-order valence-electron chi connectivity index (χ4n) is 0.966. The molecule has 0 aliphatic carbocycles. The fourth-order valence-corrected chi connectivity index (χ4v) is 0.966. The zero-order valence-corrected chi connectivity index (χ0v) is 5.90. The molecule has 2 aromatic rings. The maximum Gasteiger partial charge on any atom is 0.208 e. The Hall–Kier alpha value is -1.96. The number of benzene rings is 1. The Morgan fingerprint density at radius 2 is 2.33 bits per heavy atom. The van der Waals surface area contributed by atoms with E-state index in [0.29, 0.717) is 11.0 Å². The van der Waals surface area contributed by atoms with Crippen LogP contribution >= 0.6 is 0 Å². The highest BCUT2D eigenvalue weighted by Crippen LogP contribution is 2.10. The van der Waals surface area contributed by atoms with E-state index in [4.69, 9.17) is 5.26 Å². The van der Waals surface area contributed by atoms with Gasteiger partial charge in [0, 0.05) is 6.07 Å². The minimum absolute atomic E-state index is 0.387. The predicted octanol–water partition coefficient (Wildman–Crippen LogP) is 0.900. The average molecular weight is 162 g/mol. The Labute approximate surface area is 66.8 Å². The van der Waals surface area contributed by atoms with E-state index in [-0.39, 0.29) is 0 Å². The molecule has 0 amide bonds. The molecule has 5 heteroatoms. The third-order valence-electron chi connectivity index (χ3n) is 1.50. The molecule has 4 nitrogen and oxygen atoms in total. The first-order valence-electron chi connectivity index (χ1n) is 3.22. The second-order valence-electron chi connectivity index (χ2n) is 2.23. The van der Waals surface area contributed by atoms with Crippen molar-refractivity contribution in [3.63, 3.8) is 0 Å². The van der Waals surface area contributed by atoms with Crippen molar-refractivity contribution in [1.29, 1.82) is 5.26 Å². The molecule has 0 aliphatic rings. The van der Waals surface area contributed by atoms with Crippen LogP contribution in [0.3, 0.4) is 0 Å². The molecule has 0 fully saturated rings. The van der Waals surface area contributed by atoms with Gasteiger partial charge < -0.3 is 0 Å². The Balaban J connectivity index is 2.86. The molecule has 58 valence electrons. The first kappa shape index (κ1) is 6.73. The second-order valence-corrected chi connectivity index (χ2v) is 2.23. The SMILES string of the molecule is N#Cn1nnc2ccc(F)cc21. The lowest BCUT2D eigenvalue weighted by atomic mass is 10.3. The monoisotopic (exact) mass is 162 g/mol. The molecule has 12 heavy (non-hydrogen) atoms. The number of rotatable bonds is 0. The summed E-state index contributed by atoms with van der Waals surface area (Å²) in [5, 5.41) is 15.7. The van der Waals surface area contributed by atoms with Gasteiger partial charge in [-0.1, -0.05) is 5.21 Å². The van der Waals surface area contributed by atoms with E-state index in [1.54, 1.807) is 6.19 Å². The molecular weight excluding hydrogens is 159 g/mol. The number of halogens is 1. The molecule has 1 aromatic carbocycles. The second kappa shape index (κ2) is 2.27. The van der Waals surface area contributed by atoms with Gasteiger partial charge in [0.05, 0.1) is 0 Å². The molecule has 1 heterocycles. The summed E-state index contributed by atoms with van der Waals surface area (Å²) in [6.07, 6.45) is 1.75. The average Bonchev–Trinajstić information content (AvgIpc) is 2.46. The number of hydrogen-bond acceptors (Lipinski definition) is 3. The van der Waals surface area contributed by atoms with Crippen LogP contribution in [-0.4, -0.2) is 15.0 Å². The molecule has 0 radical (unpaired) electrons. The van der Waals surface area contributed by atoms with Crippen molar-refractivity contribution in [3.05, 3.63) is 24.0 Å². The van der Waals surface area contributed by atoms with Crippen molar-refractivity contribution in [3.8, 4) is 6.19 Å². The van der Waals surface area contributed by atoms with Crippen LogP contribution in [-0.2, 0) is 0 Å². The van der Waals surface area contributed by atoms with Gasteiger partial charge in [-0.2, -0.15) is 5.26 Å². The van der Waals surface area contributed by atoms with Gasteiger partial charge in [0.2, 0.25) is 6.19 Å². The highest BCUT2D eigenvalue weighted by atomic mass is 19.1. The summed E-state index contributed by atoms with van der Waals surface area (Å²) in [5.74, 6) is -0.402. The minimum Gasteiger partial charge on any atom is -0.207 e. The van der Waals surface area contributed by atoms with E-state index in [9.17, 15) is 4.39 Å². The Morgan fingerprint density at radius 1 is 1.50 bits per heavy atom. The predicted molar refractivity (Wildman–Crippen MR) is 38.5 cm³/mol. The quantitative estimate of drug-likeness (QED) is 0.578. The summed E-state index contributed by atoms with van der Waals surface area (Å²) in [6, 6.07) is 3.97.